The summed E-state index contributed by atoms with van der Waals surface area (Å²) in [7, 11) is 0. The van der Waals surface area contributed by atoms with Gasteiger partial charge in [0.05, 0.1) is 10.6 Å². The largest absolute Gasteiger partial charge is 0.350 e. The van der Waals surface area contributed by atoms with Crippen LogP contribution >= 0.6 is 35.0 Å². The monoisotopic (exact) mass is 410 g/mol. The van der Waals surface area contributed by atoms with Gasteiger partial charge in [-0.1, -0.05) is 47.5 Å². The Morgan fingerprint density at radius 1 is 1.08 bits per heavy atom. The van der Waals surface area contributed by atoms with Gasteiger partial charge >= 0.3 is 0 Å². The summed E-state index contributed by atoms with van der Waals surface area (Å²) in [5.41, 5.74) is 1.29. The van der Waals surface area contributed by atoms with Crippen molar-refractivity contribution in [3.63, 3.8) is 0 Å². The Hall–Kier alpha value is -1.69. The van der Waals surface area contributed by atoms with E-state index in [1.807, 2.05) is 18.4 Å². The van der Waals surface area contributed by atoms with Crippen molar-refractivity contribution in [3.05, 3.63) is 69.7 Å². The molecule has 0 saturated heterocycles. The molecule has 26 heavy (non-hydrogen) atoms. The van der Waals surface area contributed by atoms with E-state index in [0.717, 1.165) is 11.3 Å². The normalized spacial score (nSPS) is 11.7. The Morgan fingerprint density at radius 3 is 2.42 bits per heavy atom. The summed E-state index contributed by atoms with van der Waals surface area (Å²) < 4.78 is 0. The molecule has 2 amide bonds. The van der Waals surface area contributed by atoms with Crippen LogP contribution in [0, 0.1) is 0 Å². The molecule has 2 rings (SSSR count). The maximum atomic E-state index is 12.5. The maximum absolute atomic E-state index is 12.5. The first-order valence-electron chi connectivity index (χ1n) is 8.07. The number of rotatable bonds is 8. The van der Waals surface area contributed by atoms with E-state index in [9.17, 15) is 9.59 Å². The van der Waals surface area contributed by atoms with Crippen LogP contribution in [0.25, 0.3) is 0 Å². The van der Waals surface area contributed by atoms with E-state index in [4.69, 9.17) is 23.2 Å². The molecule has 4 nitrogen and oxygen atoms in total. The minimum Gasteiger partial charge on any atom is -0.350 e. The van der Waals surface area contributed by atoms with Crippen molar-refractivity contribution in [3.8, 4) is 0 Å². The van der Waals surface area contributed by atoms with Crippen molar-refractivity contribution in [2.75, 3.05) is 12.0 Å². The van der Waals surface area contributed by atoms with Crippen LogP contribution in [0.1, 0.15) is 22.3 Å². The summed E-state index contributed by atoms with van der Waals surface area (Å²) in [5, 5.41) is 6.64. The van der Waals surface area contributed by atoms with Crippen LogP contribution < -0.4 is 10.6 Å². The van der Waals surface area contributed by atoms with Crippen molar-refractivity contribution in [1.29, 1.82) is 0 Å². The van der Waals surface area contributed by atoms with Crippen molar-refractivity contribution in [1.82, 2.24) is 10.6 Å². The molecule has 0 unspecified atom stereocenters. The van der Waals surface area contributed by atoms with E-state index in [-0.39, 0.29) is 11.8 Å². The third-order valence-electron chi connectivity index (χ3n) is 3.73. The van der Waals surface area contributed by atoms with Gasteiger partial charge in [-0.2, -0.15) is 11.8 Å². The molecule has 0 heterocycles. The number of amides is 2. The molecular formula is C19H20Cl2N2O2S. The summed E-state index contributed by atoms with van der Waals surface area (Å²) in [6.45, 7) is 0.369. The van der Waals surface area contributed by atoms with E-state index in [1.54, 1.807) is 48.2 Å². The third-order valence-corrected chi connectivity index (χ3v) is 4.96. The lowest BCUT2D eigenvalue weighted by Crippen LogP contribution is -2.47. The quantitative estimate of drug-likeness (QED) is 0.686. The molecule has 2 aromatic carbocycles. The van der Waals surface area contributed by atoms with Crippen molar-refractivity contribution >= 4 is 46.8 Å². The lowest BCUT2D eigenvalue weighted by molar-refractivity contribution is -0.123. The van der Waals surface area contributed by atoms with Gasteiger partial charge < -0.3 is 10.6 Å². The van der Waals surface area contributed by atoms with Gasteiger partial charge in [0.1, 0.15) is 6.04 Å². The van der Waals surface area contributed by atoms with Gasteiger partial charge in [0.25, 0.3) is 5.91 Å². The summed E-state index contributed by atoms with van der Waals surface area (Å²) in [6.07, 6.45) is 2.49. The number of carbonyl (C=O) groups excluding carboxylic acids is 2. The van der Waals surface area contributed by atoms with Crippen molar-refractivity contribution in [2.24, 2.45) is 0 Å². The van der Waals surface area contributed by atoms with Crippen molar-refractivity contribution < 1.29 is 9.59 Å². The lowest BCUT2D eigenvalue weighted by atomic mass is 10.1. The molecule has 0 saturated carbocycles. The molecule has 0 fully saturated rings. The standard InChI is InChI=1S/C19H20Cl2N2O2S/c1-26-11-10-17(23-18(24)15-4-2-3-5-16(15)21)19(25)22-12-13-6-8-14(20)9-7-13/h2-9,17H,10-12H2,1H3,(H,22,25)(H,23,24)/t17-/m1/s1. The zero-order valence-electron chi connectivity index (χ0n) is 14.3. The van der Waals surface area contributed by atoms with Gasteiger partial charge in [-0.25, -0.2) is 0 Å². The molecule has 0 aliphatic carbocycles. The molecule has 0 aromatic heterocycles. The second kappa shape index (κ2) is 10.5. The van der Waals surface area contributed by atoms with Crippen molar-refractivity contribution in [2.45, 2.75) is 19.0 Å². The fourth-order valence-electron chi connectivity index (χ4n) is 2.30. The molecule has 0 bridgehead atoms. The fourth-order valence-corrected chi connectivity index (χ4v) is 3.12. The predicted octanol–water partition coefficient (Wildman–Crippen LogP) is 4.16. The minimum atomic E-state index is -0.626. The molecule has 0 spiro atoms. The van der Waals surface area contributed by atoms with Gasteiger partial charge in [0.15, 0.2) is 0 Å². The number of carbonyl (C=O) groups is 2. The Bertz CT molecular complexity index is 753. The zero-order chi connectivity index (χ0) is 18.9. The fraction of sp³-hybridized carbons (Fsp3) is 0.263. The molecule has 2 aromatic rings. The van der Waals surface area contributed by atoms with Crippen LogP contribution in [-0.2, 0) is 11.3 Å². The molecule has 138 valence electrons. The first kappa shape index (κ1) is 20.6. The van der Waals surface area contributed by atoms with E-state index in [2.05, 4.69) is 10.6 Å². The van der Waals surface area contributed by atoms with E-state index in [1.165, 1.54) is 0 Å². The SMILES string of the molecule is CSCC[C@@H](NC(=O)c1ccccc1Cl)C(=O)NCc1ccc(Cl)cc1. The number of hydrogen-bond donors (Lipinski definition) is 2. The summed E-state index contributed by atoms with van der Waals surface area (Å²) in [5.74, 6) is 0.166. The Kier molecular flexibility index (Phi) is 8.29. The van der Waals surface area contributed by atoms with E-state index in [0.29, 0.717) is 28.6 Å². The van der Waals surface area contributed by atoms with Crippen LogP contribution in [-0.4, -0.2) is 29.9 Å². The topological polar surface area (TPSA) is 58.2 Å². The van der Waals surface area contributed by atoms with Crippen LogP contribution in [0.4, 0.5) is 0 Å². The number of benzene rings is 2. The predicted molar refractivity (Wildman–Crippen MR) is 109 cm³/mol. The highest BCUT2D eigenvalue weighted by Crippen LogP contribution is 2.15. The molecule has 2 N–H and O–H groups in total. The van der Waals surface area contributed by atoms with Gasteiger partial charge in [0, 0.05) is 11.6 Å². The van der Waals surface area contributed by atoms with E-state index >= 15 is 0 Å². The maximum Gasteiger partial charge on any atom is 0.253 e. The molecule has 0 aliphatic heterocycles. The number of halogens is 2. The number of thioether (sulfide) groups is 1. The highest BCUT2D eigenvalue weighted by atomic mass is 35.5. The molecule has 0 aliphatic rings. The molecule has 7 heteroatoms. The third kappa shape index (κ3) is 6.24. The van der Waals surface area contributed by atoms with Crippen LogP contribution in [0.5, 0.6) is 0 Å². The van der Waals surface area contributed by atoms with Gasteiger partial charge in [-0.3, -0.25) is 9.59 Å². The average molecular weight is 411 g/mol. The average Bonchev–Trinajstić information content (AvgIpc) is 2.64. The van der Waals surface area contributed by atoms with Crippen LogP contribution in [0.15, 0.2) is 48.5 Å². The smallest absolute Gasteiger partial charge is 0.253 e. The Labute approximate surface area is 167 Å². The van der Waals surface area contributed by atoms with Gasteiger partial charge in [0.2, 0.25) is 5.91 Å². The first-order chi connectivity index (χ1) is 12.5. The summed E-state index contributed by atoms with van der Waals surface area (Å²) >= 11 is 13.5. The van der Waals surface area contributed by atoms with Crippen LogP contribution in [0.3, 0.4) is 0 Å². The van der Waals surface area contributed by atoms with Crippen LogP contribution in [0.2, 0.25) is 10.0 Å². The minimum absolute atomic E-state index is 0.227. The number of hydrogen-bond acceptors (Lipinski definition) is 3. The van der Waals surface area contributed by atoms with Gasteiger partial charge in [-0.15, -0.1) is 0 Å². The zero-order valence-corrected chi connectivity index (χ0v) is 16.6. The highest BCUT2D eigenvalue weighted by molar-refractivity contribution is 7.98. The molecule has 1 atom stereocenters. The Balaban J connectivity index is 2.00. The lowest BCUT2D eigenvalue weighted by Gasteiger charge is -2.18. The second-order valence-electron chi connectivity index (χ2n) is 5.63. The van der Waals surface area contributed by atoms with Gasteiger partial charge in [-0.05, 0) is 48.3 Å². The highest BCUT2D eigenvalue weighted by Gasteiger charge is 2.21. The Morgan fingerprint density at radius 2 is 1.77 bits per heavy atom. The first-order valence-corrected chi connectivity index (χ1v) is 10.2. The number of nitrogens with one attached hydrogen (secondary N) is 2. The summed E-state index contributed by atoms with van der Waals surface area (Å²) in [4.78, 5) is 25.0. The second-order valence-corrected chi connectivity index (χ2v) is 7.46. The van der Waals surface area contributed by atoms with E-state index < -0.39 is 6.04 Å². The molecular weight excluding hydrogens is 391 g/mol. The molecule has 0 radical (unpaired) electrons. The summed E-state index contributed by atoms with van der Waals surface area (Å²) in [6, 6.07) is 13.4.